The summed E-state index contributed by atoms with van der Waals surface area (Å²) in [6.07, 6.45) is -0.459. The largest absolute Gasteiger partial charge is 0.378 e. The van der Waals surface area contributed by atoms with Crippen LogP contribution in [0.15, 0.2) is 24.3 Å². The Morgan fingerprint density at radius 2 is 2.13 bits per heavy atom. The fourth-order valence-corrected chi connectivity index (χ4v) is 2.57. The molecule has 1 atom stereocenters. The average molecular weight is 336 g/mol. The van der Waals surface area contributed by atoms with Gasteiger partial charge in [0.2, 0.25) is 0 Å². The number of aliphatic hydroxyl groups is 1. The van der Waals surface area contributed by atoms with Crippen LogP contribution in [0.4, 0.5) is 0 Å². The molecular weight excluding hydrogens is 314 g/mol. The number of nitrogens with zero attached hydrogens (tertiary/aromatic N) is 2. The van der Waals surface area contributed by atoms with Gasteiger partial charge in [-0.15, -0.1) is 0 Å². The minimum Gasteiger partial charge on any atom is -0.378 e. The lowest BCUT2D eigenvalue weighted by atomic mass is 10.1. The van der Waals surface area contributed by atoms with Gasteiger partial charge in [-0.05, 0) is 50.5 Å². The van der Waals surface area contributed by atoms with Crippen molar-refractivity contribution in [3.63, 3.8) is 0 Å². The van der Waals surface area contributed by atoms with Crippen LogP contribution in [0.2, 0.25) is 5.02 Å². The highest BCUT2D eigenvalue weighted by atomic mass is 35.5. The molecule has 0 fully saturated rings. The third-order valence-corrected chi connectivity index (χ3v) is 4.24. The molecule has 1 heterocycles. The highest BCUT2D eigenvalue weighted by Gasteiger charge is 2.17. The summed E-state index contributed by atoms with van der Waals surface area (Å²) in [7, 11) is 0. The lowest BCUT2D eigenvalue weighted by Gasteiger charge is -2.12. The third-order valence-electron chi connectivity index (χ3n) is 4.00. The van der Waals surface area contributed by atoms with Gasteiger partial charge >= 0.3 is 0 Å². The highest BCUT2D eigenvalue weighted by molar-refractivity contribution is 6.30. The van der Waals surface area contributed by atoms with Crippen LogP contribution in [-0.2, 0) is 11.3 Å². The van der Waals surface area contributed by atoms with Gasteiger partial charge in [0.05, 0.1) is 5.69 Å². The van der Waals surface area contributed by atoms with Crippen molar-refractivity contribution in [3.8, 4) is 0 Å². The number of hydrogen-bond donors (Lipinski definition) is 2. The Morgan fingerprint density at radius 3 is 2.74 bits per heavy atom. The molecule has 124 valence electrons. The first kappa shape index (κ1) is 17.5. The highest BCUT2D eigenvalue weighted by Crippen LogP contribution is 2.17. The maximum absolute atomic E-state index is 12.0. The maximum atomic E-state index is 12.0. The Hall–Kier alpha value is -1.85. The van der Waals surface area contributed by atoms with Gasteiger partial charge in [0.1, 0.15) is 0 Å². The predicted molar refractivity (Wildman–Crippen MR) is 90.5 cm³/mol. The third kappa shape index (κ3) is 4.33. The number of rotatable bonds is 6. The van der Waals surface area contributed by atoms with E-state index in [1.807, 2.05) is 18.5 Å². The topological polar surface area (TPSA) is 67.2 Å². The normalized spacial score (nSPS) is 12.2. The molecule has 0 aliphatic carbocycles. The molecule has 0 bridgehead atoms. The van der Waals surface area contributed by atoms with Crippen LogP contribution >= 0.6 is 11.6 Å². The van der Waals surface area contributed by atoms with E-state index in [9.17, 15) is 9.90 Å². The van der Waals surface area contributed by atoms with E-state index < -0.39 is 12.0 Å². The molecule has 6 heteroatoms. The van der Waals surface area contributed by atoms with Crippen LogP contribution in [-0.4, -0.2) is 27.3 Å². The van der Waals surface area contributed by atoms with Crippen molar-refractivity contribution in [3.05, 3.63) is 51.8 Å². The minimum atomic E-state index is -1.20. The molecule has 23 heavy (non-hydrogen) atoms. The molecule has 0 saturated heterocycles. The van der Waals surface area contributed by atoms with Crippen molar-refractivity contribution < 1.29 is 9.90 Å². The molecule has 2 aromatic rings. The van der Waals surface area contributed by atoms with E-state index in [4.69, 9.17) is 11.6 Å². The van der Waals surface area contributed by atoms with Crippen molar-refractivity contribution >= 4 is 17.5 Å². The maximum Gasteiger partial charge on any atom is 0.253 e. The number of aromatic nitrogens is 2. The number of hydrogen-bond acceptors (Lipinski definition) is 3. The summed E-state index contributed by atoms with van der Waals surface area (Å²) >= 11 is 5.87. The van der Waals surface area contributed by atoms with Gasteiger partial charge in [0.25, 0.3) is 5.91 Å². The van der Waals surface area contributed by atoms with Crippen LogP contribution < -0.4 is 5.32 Å². The van der Waals surface area contributed by atoms with Crippen LogP contribution in [0.25, 0.3) is 0 Å². The van der Waals surface area contributed by atoms with Crippen molar-refractivity contribution in [2.24, 2.45) is 0 Å². The number of amides is 1. The Labute approximate surface area is 141 Å². The second-order valence-corrected chi connectivity index (χ2v) is 6.06. The predicted octanol–water partition coefficient (Wildman–Crippen LogP) is 2.70. The van der Waals surface area contributed by atoms with Gasteiger partial charge in [0.15, 0.2) is 6.10 Å². The fraction of sp³-hybridized carbons (Fsp3) is 0.412. The number of aliphatic hydroxyl groups excluding tert-OH is 1. The first-order valence-electron chi connectivity index (χ1n) is 7.62. The van der Waals surface area contributed by atoms with Crippen LogP contribution in [0.3, 0.4) is 0 Å². The Balaban J connectivity index is 1.81. The van der Waals surface area contributed by atoms with Crippen molar-refractivity contribution in [2.75, 3.05) is 6.54 Å². The Bertz CT molecular complexity index is 697. The van der Waals surface area contributed by atoms with Gasteiger partial charge in [-0.3, -0.25) is 9.48 Å². The van der Waals surface area contributed by atoms with E-state index >= 15 is 0 Å². The standard InChI is InChI=1S/C17H22ClN3O2/c1-11-12(2)20-21(13(11)3)9-5-8-19-17(23)16(22)14-6-4-7-15(18)10-14/h4,6-7,10,16,22H,5,8-9H2,1-3H3,(H,19,23). The fourth-order valence-electron chi connectivity index (χ4n) is 2.37. The van der Waals surface area contributed by atoms with Crippen molar-refractivity contribution in [1.82, 2.24) is 15.1 Å². The van der Waals surface area contributed by atoms with Gasteiger partial charge in [-0.2, -0.15) is 5.10 Å². The molecule has 0 radical (unpaired) electrons. The molecular formula is C17H22ClN3O2. The molecule has 1 amide bonds. The number of carbonyl (C=O) groups excluding carboxylic acids is 1. The zero-order valence-electron chi connectivity index (χ0n) is 13.6. The summed E-state index contributed by atoms with van der Waals surface area (Å²) < 4.78 is 1.95. The summed E-state index contributed by atoms with van der Waals surface area (Å²) in [5.74, 6) is -0.420. The van der Waals surface area contributed by atoms with Gasteiger partial charge < -0.3 is 10.4 Å². The second-order valence-electron chi connectivity index (χ2n) is 5.62. The number of halogens is 1. The van der Waals surface area contributed by atoms with E-state index in [-0.39, 0.29) is 0 Å². The monoisotopic (exact) mass is 335 g/mol. The van der Waals surface area contributed by atoms with Gasteiger partial charge in [-0.25, -0.2) is 0 Å². The number of benzene rings is 1. The number of aryl methyl sites for hydroxylation is 2. The molecule has 2 rings (SSSR count). The van der Waals surface area contributed by atoms with E-state index in [1.54, 1.807) is 24.3 Å². The van der Waals surface area contributed by atoms with Crippen LogP contribution in [0.1, 0.15) is 35.0 Å². The summed E-state index contributed by atoms with van der Waals surface area (Å²) in [4.78, 5) is 12.0. The SMILES string of the molecule is Cc1nn(CCCNC(=O)C(O)c2cccc(Cl)c2)c(C)c1C. The smallest absolute Gasteiger partial charge is 0.253 e. The molecule has 1 aromatic heterocycles. The van der Waals surface area contributed by atoms with Gasteiger partial charge in [0, 0.05) is 23.8 Å². The van der Waals surface area contributed by atoms with E-state index in [1.165, 1.54) is 5.56 Å². The van der Waals surface area contributed by atoms with E-state index in [0.717, 1.165) is 24.4 Å². The van der Waals surface area contributed by atoms with Crippen LogP contribution in [0, 0.1) is 20.8 Å². The van der Waals surface area contributed by atoms with Crippen LogP contribution in [0.5, 0.6) is 0 Å². The second kappa shape index (κ2) is 7.62. The zero-order chi connectivity index (χ0) is 17.0. The molecule has 0 aliphatic rings. The molecule has 0 saturated carbocycles. The molecule has 1 unspecified atom stereocenters. The first-order valence-corrected chi connectivity index (χ1v) is 7.99. The van der Waals surface area contributed by atoms with Crippen molar-refractivity contribution in [1.29, 1.82) is 0 Å². The van der Waals surface area contributed by atoms with E-state index in [2.05, 4.69) is 17.3 Å². The lowest BCUT2D eigenvalue weighted by Crippen LogP contribution is -2.30. The zero-order valence-corrected chi connectivity index (χ0v) is 14.4. The Morgan fingerprint density at radius 1 is 1.39 bits per heavy atom. The first-order chi connectivity index (χ1) is 10.9. The average Bonchev–Trinajstić information content (AvgIpc) is 2.77. The summed E-state index contributed by atoms with van der Waals surface area (Å²) in [5.41, 5.74) is 3.87. The molecule has 0 aliphatic heterocycles. The number of nitrogens with one attached hydrogen (secondary N) is 1. The summed E-state index contributed by atoms with van der Waals surface area (Å²) in [6.45, 7) is 7.29. The van der Waals surface area contributed by atoms with Gasteiger partial charge in [-0.1, -0.05) is 23.7 Å². The lowest BCUT2D eigenvalue weighted by molar-refractivity contribution is -0.129. The number of carbonyl (C=O) groups is 1. The minimum absolute atomic E-state index is 0.420. The molecule has 5 nitrogen and oxygen atoms in total. The van der Waals surface area contributed by atoms with Crippen molar-refractivity contribution in [2.45, 2.75) is 39.8 Å². The summed E-state index contributed by atoms with van der Waals surface area (Å²) in [6, 6.07) is 6.67. The summed E-state index contributed by atoms with van der Waals surface area (Å²) in [5, 5.41) is 17.7. The quantitative estimate of drug-likeness (QED) is 0.798. The molecule has 0 spiro atoms. The van der Waals surface area contributed by atoms with E-state index in [0.29, 0.717) is 17.1 Å². The Kier molecular flexibility index (Phi) is 5.80. The molecule has 1 aromatic carbocycles. The molecule has 2 N–H and O–H groups in total.